The van der Waals surface area contributed by atoms with Crippen molar-refractivity contribution < 1.29 is 23.8 Å². The number of hydrazone groups is 1. The van der Waals surface area contributed by atoms with Crippen molar-refractivity contribution in [1.82, 2.24) is 16.1 Å². The van der Waals surface area contributed by atoms with Gasteiger partial charge in [0.05, 0.1) is 35.1 Å². The van der Waals surface area contributed by atoms with Crippen LogP contribution in [0.1, 0.15) is 31.0 Å². The van der Waals surface area contributed by atoms with Gasteiger partial charge in [-0.1, -0.05) is 29.8 Å². The highest BCUT2D eigenvalue weighted by molar-refractivity contribution is 14.1. The molecule has 1 aliphatic heterocycles. The number of nitrogens with zero attached hydrogens (tertiary/aromatic N) is 1. The molecule has 9 nitrogen and oxygen atoms in total. The number of hydrogen-bond donors (Lipinski definition) is 3. The molecule has 36 heavy (non-hydrogen) atoms. The largest absolute Gasteiger partial charge is 0.495 e. The third kappa shape index (κ3) is 6.86. The first-order valence-corrected chi connectivity index (χ1v) is 12.6. The molecule has 1 atom stereocenters. The predicted molar refractivity (Wildman–Crippen MR) is 149 cm³/mol. The molecule has 0 unspecified atom stereocenters. The minimum Gasteiger partial charge on any atom is -0.495 e. The van der Waals surface area contributed by atoms with Gasteiger partial charge < -0.3 is 24.8 Å². The molecule has 0 spiro atoms. The molecule has 3 N–H and O–H groups in total. The first kappa shape index (κ1) is 27.7. The van der Waals surface area contributed by atoms with Crippen LogP contribution >= 0.6 is 46.4 Å². The molecular weight excluding hydrogens is 619 g/mol. The molecule has 1 heterocycles. The maximum absolute atomic E-state index is 12.7. The lowest BCUT2D eigenvalue weighted by Gasteiger charge is -2.30. The van der Waals surface area contributed by atoms with E-state index in [1.165, 1.54) is 6.21 Å². The third-order valence-corrected chi connectivity index (χ3v) is 6.23. The molecule has 1 aliphatic rings. The first-order chi connectivity index (χ1) is 17.2. The second-order valence-corrected chi connectivity index (χ2v) is 9.43. The normalized spacial score (nSPS) is 15.2. The lowest BCUT2D eigenvalue weighted by atomic mass is 9.95. The van der Waals surface area contributed by atoms with Crippen LogP contribution in [0, 0.1) is 3.57 Å². The van der Waals surface area contributed by atoms with Gasteiger partial charge >= 0.3 is 5.97 Å². The van der Waals surface area contributed by atoms with E-state index in [2.05, 4.69) is 43.8 Å². The number of carbonyl (C=O) groups excluding carboxylic acids is 2. The van der Waals surface area contributed by atoms with E-state index in [-0.39, 0.29) is 13.2 Å². The van der Waals surface area contributed by atoms with Gasteiger partial charge in [0.15, 0.2) is 11.7 Å². The molecule has 1 amide bonds. The summed E-state index contributed by atoms with van der Waals surface area (Å²) in [5, 5.41) is 10.9. The summed E-state index contributed by atoms with van der Waals surface area (Å²) in [4.78, 5) is 25.1. The van der Waals surface area contributed by atoms with Crippen molar-refractivity contribution in [3.05, 3.63) is 67.4 Å². The second kappa shape index (κ2) is 12.9. The number of rotatable bonds is 9. The Morgan fingerprint density at radius 1 is 1.31 bits per heavy atom. The summed E-state index contributed by atoms with van der Waals surface area (Å²) < 4.78 is 17.2. The standard InChI is InChI=1S/C24H24ClIN4O5S/c1-4-34-23(32)20-13(2)28-24(36)29-21(20)16-7-5-6-8-18(16)35-12-19(31)30-27-11-14-9-15(25)10-17(26)22(14)33-3/h5-11,21H,4,12H2,1-3H3,(H,30,31)(H2,28,29,36)/t21-/m1/s1. The van der Waals surface area contributed by atoms with Gasteiger partial charge in [0.1, 0.15) is 11.5 Å². The minimum atomic E-state index is -0.618. The molecule has 0 aromatic heterocycles. The fourth-order valence-electron chi connectivity index (χ4n) is 3.50. The molecule has 3 rings (SSSR count). The Kier molecular flexibility index (Phi) is 9.90. The Morgan fingerprint density at radius 2 is 2.06 bits per heavy atom. The van der Waals surface area contributed by atoms with Crippen molar-refractivity contribution in [2.75, 3.05) is 20.3 Å². The summed E-state index contributed by atoms with van der Waals surface area (Å²) in [7, 11) is 1.54. The summed E-state index contributed by atoms with van der Waals surface area (Å²) in [6.07, 6.45) is 1.44. The van der Waals surface area contributed by atoms with Crippen LogP contribution in [0.25, 0.3) is 0 Å². The summed E-state index contributed by atoms with van der Waals surface area (Å²) in [5.74, 6) is 0.0363. The predicted octanol–water partition coefficient (Wildman–Crippen LogP) is 3.84. The van der Waals surface area contributed by atoms with Crippen molar-refractivity contribution in [1.29, 1.82) is 0 Å². The van der Waals surface area contributed by atoms with E-state index in [4.69, 9.17) is 38.0 Å². The number of esters is 1. The van der Waals surface area contributed by atoms with Gasteiger partial charge in [-0.05, 0) is 66.9 Å². The molecule has 0 saturated heterocycles. The van der Waals surface area contributed by atoms with Crippen LogP contribution in [0.2, 0.25) is 5.02 Å². The van der Waals surface area contributed by atoms with Crippen LogP contribution < -0.4 is 25.5 Å². The number of benzene rings is 2. The quantitative estimate of drug-likeness (QED) is 0.125. The molecule has 0 aliphatic carbocycles. The highest BCUT2D eigenvalue weighted by atomic mass is 127. The summed E-state index contributed by atoms with van der Waals surface area (Å²) >= 11 is 13.5. The van der Waals surface area contributed by atoms with E-state index in [9.17, 15) is 9.59 Å². The van der Waals surface area contributed by atoms with Crippen LogP contribution in [0.15, 0.2) is 52.8 Å². The smallest absolute Gasteiger partial charge is 0.338 e. The number of halogens is 2. The maximum Gasteiger partial charge on any atom is 0.338 e. The summed E-state index contributed by atoms with van der Waals surface area (Å²) in [6, 6.07) is 9.88. The number of nitrogens with one attached hydrogen (secondary N) is 3. The van der Waals surface area contributed by atoms with E-state index in [1.54, 1.807) is 57.4 Å². The van der Waals surface area contributed by atoms with Crippen LogP contribution in [-0.2, 0) is 14.3 Å². The molecule has 0 bridgehead atoms. The van der Waals surface area contributed by atoms with Gasteiger partial charge in [0.2, 0.25) is 0 Å². The van der Waals surface area contributed by atoms with E-state index in [0.717, 1.165) is 3.57 Å². The highest BCUT2D eigenvalue weighted by Crippen LogP contribution is 2.33. The molecule has 0 radical (unpaired) electrons. The first-order valence-electron chi connectivity index (χ1n) is 10.8. The van der Waals surface area contributed by atoms with Gasteiger partial charge in [-0.15, -0.1) is 0 Å². The average molecular weight is 643 g/mol. The Balaban J connectivity index is 1.73. The number of para-hydroxylation sites is 1. The Labute approximate surface area is 232 Å². The number of ether oxygens (including phenoxy) is 3. The van der Waals surface area contributed by atoms with Crippen molar-refractivity contribution in [2.24, 2.45) is 5.10 Å². The molecule has 0 fully saturated rings. The van der Waals surface area contributed by atoms with Crippen molar-refractivity contribution in [2.45, 2.75) is 19.9 Å². The lowest BCUT2D eigenvalue weighted by Crippen LogP contribution is -2.45. The fourth-order valence-corrected chi connectivity index (χ4v) is 5.05. The fraction of sp³-hybridized carbons (Fsp3) is 0.250. The average Bonchev–Trinajstić information content (AvgIpc) is 2.82. The summed E-state index contributed by atoms with van der Waals surface area (Å²) in [6.45, 7) is 3.40. The van der Waals surface area contributed by atoms with E-state index >= 15 is 0 Å². The number of carbonyl (C=O) groups is 2. The SMILES string of the molecule is CCOC(=O)C1=C(C)NC(=S)N[C@@H]1c1ccccc1OCC(=O)NN=Cc1cc(Cl)cc(I)c1OC. The molecule has 2 aromatic rings. The topological polar surface area (TPSA) is 110 Å². The van der Waals surface area contributed by atoms with Crippen molar-refractivity contribution in [3.8, 4) is 11.5 Å². The number of amides is 1. The molecule has 190 valence electrons. The molecular formula is C24H24ClIN4O5S. The lowest BCUT2D eigenvalue weighted by molar-refractivity contribution is -0.139. The zero-order valence-electron chi connectivity index (χ0n) is 19.7. The number of hydrogen-bond acceptors (Lipinski definition) is 7. The van der Waals surface area contributed by atoms with E-state index < -0.39 is 17.9 Å². The van der Waals surface area contributed by atoms with Crippen LogP contribution in [0.4, 0.5) is 0 Å². The Hall–Kier alpha value is -2.90. The van der Waals surface area contributed by atoms with Gasteiger partial charge in [-0.3, -0.25) is 4.79 Å². The molecule has 2 aromatic carbocycles. The zero-order chi connectivity index (χ0) is 26.2. The minimum absolute atomic E-state index is 0.228. The highest BCUT2D eigenvalue weighted by Gasteiger charge is 2.32. The number of allylic oxidation sites excluding steroid dienone is 1. The van der Waals surface area contributed by atoms with Crippen LogP contribution in [-0.4, -0.2) is 43.5 Å². The van der Waals surface area contributed by atoms with Crippen LogP contribution in [0.5, 0.6) is 11.5 Å². The maximum atomic E-state index is 12.7. The third-order valence-electron chi connectivity index (χ3n) is 4.99. The monoisotopic (exact) mass is 642 g/mol. The zero-order valence-corrected chi connectivity index (χ0v) is 23.4. The van der Waals surface area contributed by atoms with Gasteiger partial charge in [-0.2, -0.15) is 5.10 Å². The van der Waals surface area contributed by atoms with Crippen molar-refractivity contribution in [3.63, 3.8) is 0 Å². The second-order valence-electron chi connectivity index (χ2n) is 7.42. The number of thiocarbonyl (C=S) groups is 1. The van der Waals surface area contributed by atoms with Gasteiger partial charge in [0.25, 0.3) is 5.91 Å². The Morgan fingerprint density at radius 3 is 2.78 bits per heavy atom. The summed E-state index contributed by atoms with van der Waals surface area (Å²) in [5.41, 5.74) is 4.61. The van der Waals surface area contributed by atoms with E-state index in [0.29, 0.717) is 44.0 Å². The number of methoxy groups -OCH3 is 1. The Bertz CT molecular complexity index is 1240. The van der Waals surface area contributed by atoms with E-state index in [1.807, 2.05) is 0 Å². The van der Waals surface area contributed by atoms with Crippen LogP contribution in [0.3, 0.4) is 0 Å². The molecule has 0 saturated carbocycles. The van der Waals surface area contributed by atoms with Gasteiger partial charge in [-0.25, -0.2) is 10.2 Å². The van der Waals surface area contributed by atoms with Gasteiger partial charge in [0, 0.05) is 21.8 Å². The van der Waals surface area contributed by atoms with Crippen molar-refractivity contribution >= 4 is 69.6 Å². The molecule has 12 heteroatoms.